The van der Waals surface area contributed by atoms with Crippen LogP contribution in [0.25, 0.3) is 0 Å². The number of thiophene rings is 1. The second kappa shape index (κ2) is 6.30. The molecule has 1 aromatic heterocycles. The van der Waals surface area contributed by atoms with E-state index in [1.807, 2.05) is 35.7 Å². The Bertz CT molecular complexity index is 529. The Morgan fingerprint density at radius 3 is 2.61 bits per heavy atom. The summed E-state index contributed by atoms with van der Waals surface area (Å²) >= 11 is 8.43. The van der Waals surface area contributed by atoms with Gasteiger partial charge in [-0.1, -0.05) is 28.1 Å². The van der Waals surface area contributed by atoms with Crippen LogP contribution in [0.15, 0.2) is 44.7 Å². The van der Waals surface area contributed by atoms with Gasteiger partial charge in [0.1, 0.15) is 0 Å². The van der Waals surface area contributed by atoms with Crippen molar-refractivity contribution in [2.45, 2.75) is 12.0 Å². The maximum absolute atomic E-state index is 10.5. The van der Waals surface area contributed by atoms with Crippen LogP contribution < -0.4 is 5.73 Å². The van der Waals surface area contributed by atoms with Gasteiger partial charge < -0.3 is 10.8 Å². The molecule has 18 heavy (non-hydrogen) atoms. The monoisotopic (exact) mass is 389 g/mol. The van der Waals surface area contributed by atoms with Crippen LogP contribution in [-0.2, 0) is 0 Å². The molecule has 2 nitrogen and oxygen atoms in total. The first-order valence-electron chi connectivity index (χ1n) is 5.50. The molecule has 1 heterocycles. The SMILES string of the molecule is NCC(c1cccc(Br)c1)C(O)c1sccc1Br. The zero-order valence-electron chi connectivity index (χ0n) is 9.51. The zero-order chi connectivity index (χ0) is 13.1. The van der Waals surface area contributed by atoms with Crippen molar-refractivity contribution in [3.8, 4) is 0 Å². The van der Waals surface area contributed by atoms with E-state index >= 15 is 0 Å². The van der Waals surface area contributed by atoms with Crippen molar-refractivity contribution in [3.63, 3.8) is 0 Å². The molecule has 0 saturated carbocycles. The molecule has 3 N–H and O–H groups in total. The third kappa shape index (κ3) is 3.03. The minimum Gasteiger partial charge on any atom is -0.387 e. The Kier molecular flexibility index (Phi) is 4.98. The van der Waals surface area contributed by atoms with Crippen molar-refractivity contribution in [1.82, 2.24) is 0 Å². The minimum absolute atomic E-state index is 0.0996. The third-order valence-electron chi connectivity index (χ3n) is 2.83. The lowest BCUT2D eigenvalue weighted by molar-refractivity contribution is 0.150. The van der Waals surface area contributed by atoms with E-state index in [4.69, 9.17) is 5.73 Å². The van der Waals surface area contributed by atoms with Crippen LogP contribution in [0.4, 0.5) is 0 Å². The summed E-state index contributed by atoms with van der Waals surface area (Å²) in [5.74, 6) is -0.0996. The largest absolute Gasteiger partial charge is 0.387 e. The molecule has 0 bridgehead atoms. The van der Waals surface area contributed by atoms with Gasteiger partial charge in [-0.15, -0.1) is 11.3 Å². The van der Waals surface area contributed by atoms with Crippen LogP contribution in [0.5, 0.6) is 0 Å². The Morgan fingerprint density at radius 2 is 2.06 bits per heavy atom. The van der Waals surface area contributed by atoms with Gasteiger partial charge in [0.2, 0.25) is 0 Å². The van der Waals surface area contributed by atoms with Crippen LogP contribution in [-0.4, -0.2) is 11.7 Å². The number of aliphatic hydroxyl groups is 1. The molecule has 2 aromatic rings. The van der Waals surface area contributed by atoms with Gasteiger partial charge in [-0.3, -0.25) is 0 Å². The average Bonchev–Trinajstić information content (AvgIpc) is 2.76. The minimum atomic E-state index is -0.585. The summed E-state index contributed by atoms with van der Waals surface area (Å²) in [6, 6.07) is 9.86. The second-order valence-corrected chi connectivity index (χ2v) is 6.69. The second-order valence-electron chi connectivity index (χ2n) is 3.97. The number of rotatable bonds is 4. The van der Waals surface area contributed by atoms with E-state index in [0.29, 0.717) is 6.54 Å². The maximum Gasteiger partial charge on any atom is 0.0973 e. The van der Waals surface area contributed by atoms with Crippen molar-refractivity contribution < 1.29 is 5.11 Å². The highest BCUT2D eigenvalue weighted by Gasteiger charge is 2.24. The molecule has 2 rings (SSSR count). The Labute approximate surface area is 127 Å². The molecule has 2 unspecified atom stereocenters. The van der Waals surface area contributed by atoms with Gasteiger partial charge in [-0.2, -0.15) is 0 Å². The number of aliphatic hydroxyl groups excluding tert-OH is 1. The summed E-state index contributed by atoms with van der Waals surface area (Å²) in [6.45, 7) is 0.405. The highest BCUT2D eigenvalue weighted by molar-refractivity contribution is 9.10. The van der Waals surface area contributed by atoms with Gasteiger partial charge in [0.05, 0.1) is 6.10 Å². The van der Waals surface area contributed by atoms with Crippen molar-refractivity contribution in [3.05, 3.63) is 55.1 Å². The van der Waals surface area contributed by atoms with Gasteiger partial charge in [0.15, 0.2) is 0 Å². The molecular formula is C13H13Br2NOS. The van der Waals surface area contributed by atoms with E-state index in [1.54, 1.807) is 0 Å². The van der Waals surface area contributed by atoms with Gasteiger partial charge in [0.25, 0.3) is 0 Å². The summed E-state index contributed by atoms with van der Waals surface area (Å²) in [4.78, 5) is 0.922. The quantitative estimate of drug-likeness (QED) is 0.827. The highest BCUT2D eigenvalue weighted by Crippen LogP contribution is 2.37. The molecule has 5 heteroatoms. The molecule has 0 saturated heterocycles. The number of hydrogen-bond donors (Lipinski definition) is 2. The molecule has 0 fully saturated rings. The smallest absolute Gasteiger partial charge is 0.0973 e. The summed E-state index contributed by atoms with van der Waals surface area (Å²) < 4.78 is 1.93. The first kappa shape index (κ1) is 14.2. The molecule has 0 amide bonds. The first-order valence-corrected chi connectivity index (χ1v) is 7.96. The summed E-state index contributed by atoms with van der Waals surface area (Å²) in [6.07, 6.45) is -0.585. The van der Waals surface area contributed by atoms with Gasteiger partial charge >= 0.3 is 0 Å². The Morgan fingerprint density at radius 1 is 1.28 bits per heavy atom. The maximum atomic E-state index is 10.5. The predicted molar refractivity (Wildman–Crippen MR) is 82.9 cm³/mol. The van der Waals surface area contributed by atoms with Crippen LogP contribution in [0.3, 0.4) is 0 Å². The lowest BCUT2D eigenvalue weighted by Gasteiger charge is -2.21. The van der Waals surface area contributed by atoms with E-state index in [0.717, 1.165) is 19.4 Å². The summed E-state index contributed by atoms with van der Waals surface area (Å²) in [5.41, 5.74) is 6.87. The normalized spacial score (nSPS) is 14.4. The van der Waals surface area contributed by atoms with Crippen molar-refractivity contribution >= 4 is 43.2 Å². The molecule has 0 aliphatic carbocycles. The lowest BCUT2D eigenvalue weighted by Crippen LogP contribution is -2.19. The molecule has 0 aliphatic rings. The summed E-state index contributed by atoms with van der Waals surface area (Å²) in [5, 5.41) is 12.4. The van der Waals surface area contributed by atoms with Crippen molar-refractivity contribution in [1.29, 1.82) is 0 Å². The van der Waals surface area contributed by atoms with Crippen molar-refractivity contribution in [2.24, 2.45) is 5.73 Å². The molecular weight excluding hydrogens is 378 g/mol. The Hall–Kier alpha value is -0.200. The van der Waals surface area contributed by atoms with Gasteiger partial charge in [0, 0.05) is 26.3 Å². The molecule has 0 spiro atoms. The van der Waals surface area contributed by atoms with E-state index < -0.39 is 6.10 Å². The molecule has 2 atom stereocenters. The summed E-state index contributed by atoms with van der Waals surface area (Å²) in [7, 11) is 0. The fraction of sp³-hybridized carbons (Fsp3) is 0.231. The predicted octanol–water partition coefficient (Wildman–Crippen LogP) is 4.05. The van der Waals surface area contributed by atoms with Gasteiger partial charge in [-0.05, 0) is 45.1 Å². The van der Waals surface area contributed by atoms with Crippen LogP contribution >= 0.6 is 43.2 Å². The van der Waals surface area contributed by atoms with E-state index in [2.05, 4.69) is 31.9 Å². The van der Waals surface area contributed by atoms with E-state index in [9.17, 15) is 5.11 Å². The van der Waals surface area contributed by atoms with Crippen molar-refractivity contribution in [2.75, 3.05) is 6.54 Å². The van der Waals surface area contributed by atoms with E-state index in [1.165, 1.54) is 11.3 Å². The number of benzene rings is 1. The fourth-order valence-electron chi connectivity index (χ4n) is 1.88. The molecule has 96 valence electrons. The third-order valence-corrected chi connectivity index (χ3v) is 5.26. The lowest BCUT2D eigenvalue weighted by atomic mass is 9.92. The number of nitrogens with two attached hydrogens (primary N) is 1. The highest BCUT2D eigenvalue weighted by atomic mass is 79.9. The van der Waals surface area contributed by atoms with Gasteiger partial charge in [-0.25, -0.2) is 0 Å². The Balaban J connectivity index is 2.32. The first-order chi connectivity index (χ1) is 8.63. The van der Waals surface area contributed by atoms with Crippen LogP contribution in [0, 0.1) is 0 Å². The molecule has 1 aromatic carbocycles. The fourth-order valence-corrected chi connectivity index (χ4v) is 3.96. The average molecular weight is 391 g/mol. The molecule has 0 radical (unpaired) electrons. The number of halogens is 2. The van der Waals surface area contributed by atoms with Crippen LogP contribution in [0.1, 0.15) is 22.5 Å². The number of hydrogen-bond acceptors (Lipinski definition) is 3. The standard InChI is InChI=1S/C13H13Br2NOS/c14-9-3-1-2-8(6-9)10(7-16)12(17)13-11(15)4-5-18-13/h1-6,10,12,17H,7,16H2. The molecule has 0 aliphatic heterocycles. The topological polar surface area (TPSA) is 46.2 Å². The van der Waals surface area contributed by atoms with E-state index in [-0.39, 0.29) is 5.92 Å². The van der Waals surface area contributed by atoms with Crippen LogP contribution in [0.2, 0.25) is 0 Å². The zero-order valence-corrected chi connectivity index (χ0v) is 13.5.